The summed E-state index contributed by atoms with van der Waals surface area (Å²) in [5, 5.41) is 3.49. The van der Waals surface area contributed by atoms with Crippen LogP contribution in [-0.4, -0.2) is 60.9 Å². The van der Waals surface area contributed by atoms with E-state index in [1.165, 1.54) is 19.3 Å². The Balaban J connectivity index is 0.00000162. The first-order chi connectivity index (χ1) is 8.20. The Morgan fingerprint density at radius 3 is 2.11 bits per heavy atom. The van der Waals surface area contributed by atoms with Crippen molar-refractivity contribution in [3.05, 3.63) is 0 Å². The van der Waals surface area contributed by atoms with Crippen LogP contribution in [0.4, 0.5) is 0 Å². The average molecular weight is 366 g/mol. The number of halogens is 1. The minimum Gasteiger partial charge on any atom is -0.354 e. The lowest BCUT2D eigenvalue weighted by atomic mass is 9.93. The molecule has 2 rings (SSSR count). The second-order valence-corrected chi connectivity index (χ2v) is 4.81. The van der Waals surface area contributed by atoms with Crippen LogP contribution in [0.2, 0.25) is 0 Å². The maximum absolute atomic E-state index is 11.2. The summed E-state index contributed by atoms with van der Waals surface area (Å²) in [7, 11) is 1.83. The van der Waals surface area contributed by atoms with E-state index in [0.717, 1.165) is 32.1 Å². The number of guanidine groups is 1. The molecule has 0 bridgehead atoms. The van der Waals surface area contributed by atoms with Crippen LogP contribution in [0.15, 0.2) is 4.99 Å². The topological polar surface area (TPSA) is 47.9 Å². The molecule has 2 fully saturated rings. The molecule has 1 amide bonds. The highest BCUT2D eigenvalue weighted by Gasteiger charge is 2.24. The Kier molecular flexibility index (Phi) is 6.17. The van der Waals surface area contributed by atoms with Crippen molar-refractivity contribution in [1.29, 1.82) is 0 Å². The molecule has 104 valence electrons. The molecule has 18 heavy (non-hydrogen) atoms. The van der Waals surface area contributed by atoms with E-state index in [1.54, 1.807) is 6.92 Å². The highest BCUT2D eigenvalue weighted by molar-refractivity contribution is 14.0. The van der Waals surface area contributed by atoms with Gasteiger partial charge in [-0.05, 0) is 19.3 Å². The first-order valence-electron chi connectivity index (χ1n) is 6.44. The Labute approximate surface area is 126 Å². The molecule has 0 spiro atoms. The molecule has 0 radical (unpaired) electrons. The van der Waals surface area contributed by atoms with Gasteiger partial charge < -0.3 is 15.1 Å². The molecule has 1 heterocycles. The van der Waals surface area contributed by atoms with Crippen molar-refractivity contribution < 1.29 is 4.79 Å². The molecule has 5 nitrogen and oxygen atoms in total. The number of piperazine rings is 1. The monoisotopic (exact) mass is 366 g/mol. The van der Waals surface area contributed by atoms with Gasteiger partial charge in [-0.25, -0.2) is 0 Å². The molecule has 1 aliphatic carbocycles. The SMILES string of the molecule is CN=C(NC1CCC1)N1CCN(C(C)=O)CC1.I. The van der Waals surface area contributed by atoms with Crippen LogP contribution in [0.1, 0.15) is 26.2 Å². The lowest BCUT2D eigenvalue weighted by Crippen LogP contribution is -2.55. The third kappa shape index (κ3) is 3.73. The maximum atomic E-state index is 11.2. The van der Waals surface area contributed by atoms with E-state index in [0.29, 0.717) is 6.04 Å². The Morgan fingerprint density at radius 1 is 1.17 bits per heavy atom. The molecule has 0 aromatic heterocycles. The Hall–Kier alpha value is -0.530. The number of rotatable bonds is 1. The molecular formula is C12H23IN4O. The standard InChI is InChI=1S/C12H22N4O.HI/c1-10(17)15-6-8-16(9-7-15)12(13-2)14-11-4-3-5-11;/h11H,3-9H2,1-2H3,(H,13,14);1H. The number of amides is 1. The number of carbonyl (C=O) groups is 1. The second-order valence-electron chi connectivity index (χ2n) is 4.81. The van der Waals surface area contributed by atoms with Crippen molar-refractivity contribution in [2.45, 2.75) is 32.2 Å². The average Bonchev–Trinajstić information content (AvgIpc) is 2.28. The van der Waals surface area contributed by atoms with Gasteiger partial charge in [0.1, 0.15) is 0 Å². The summed E-state index contributed by atoms with van der Waals surface area (Å²) in [6, 6.07) is 0.611. The lowest BCUT2D eigenvalue weighted by molar-refractivity contribution is -0.130. The lowest BCUT2D eigenvalue weighted by Gasteiger charge is -2.38. The van der Waals surface area contributed by atoms with Crippen LogP contribution in [0.3, 0.4) is 0 Å². The van der Waals surface area contributed by atoms with E-state index in [-0.39, 0.29) is 29.9 Å². The zero-order valence-electron chi connectivity index (χ0n) is 11.2. The van der Waals surface area contributed by atoms with E-state index in [2.05, 4.69) is 15.2 Å². The van der Waals surface area contributed by atoms with E-state index < -0.39 is 0 Å². The first kappa shape index (κ1) is 15.5. The minimum atomic E-state index is 0. The second kappa shape index (κ2) is 7.16. The third-order valence-electron chi connectivity index (χ3n) is 3.67. The summed E-state index contributed by atoms with van der Waals surface area (Å²) in [6.45, 7) is 5.01. The van der Waals surface area contributed by atoms with Crippen molar-refractivity contribution in [1.82, 2.24) is 15.1 Å². The zero-order valence-corrected chi connectivity index (χ0v) is 13.5. The fourth-order valence-electron chi connectivity index (χ4n) is 2.27. The molecule has 1 saturated carbocycles. The predicted octanol–water partition coefficient (Wildman–Crippen LogP) is 0.896. The smallest absolute Gasteiger partial charge is 0.219 e. The van der Waals surface area contributed by atoms with Crippen molar-refractivity contribution in [2.75, 3.05) is 33.2 Å². The number of hydrogen-bond donors (Lipinski definition) is 1. The van der Waals surface area contributed by atoms with Crippen molar-refractivity contribution >= 4 is 35.8 Å². The summed E-state index contributed by atoms with van der Waals surface area (Å²) in [6.07, 6.45) is 3.84. The van der Waals surface area contributed by atoms with Gasteiger partial charge in [0.2, 0.25) is 5.91 Å². The fraction of sp³-hybridized carbons (Fsp3) is 0.833. The molecule has 0 aromatic rings. The van der Waals surface area contributed by atoms with Gasteiger partial charge in [-0.15, -0.1) is 24.0 Å². The molecule has 0 unspecified atom stereocenters. The highest BCUT2D eigenvalue weighted by atomic mass is 127. The van der Waals surface area contributed by atoms with Crippen LogP contribution in [0.5, 0.6) is 0 Å². The van der Waals surface area contributed by atoms with Crippen molar-refractivity contribution in [3.8, 4) is 0 Å². The predicted molar refractivity (Wildman–Crippen MR) is 83.4 cm³/mol. The van der Waals surface area contributed by atoms with Crippen LogP contribution in [-0.2, 0) is 4.79 Å². The number of carbonyl (C=O) groups excluding carboxylic acids is 1. The van der Waals surface area contributed by atoms with E-state index in [4.69, 9.17) is 0 Å². The molecule has 2 aliphatic rings. The van der Waals surface area contributed by atoms with Gasteiger partial charge in [0.15, 0.2) is 5.96 Å². The van der Waals surface area contributed by atoms with Gasteiger partial charge in [-0.1, -0.05) is 0 Å². The molecule has 0 atom stereocenters. The van der Waals surface area contributed by atoms with Gasteiger partial charge in [0.05, 0.1) is 0 Å². The quantitative estimate of drug-likeness (QED) is 0.426. The van der Waals surface area contributed by atoms with Crippen LogP contribution < -0.4 is 5.32 Å². The van der Waals surface area contributed by atoms with Gasteiger partial charge in [-0.3, -0.25) is 9.79 Å². The van der Waals surface area contributed by atoms with Gasteiger partial charge >= 0.3 is 0 Å². The van der Waals surface area contributed by atoms with Gasteiger partial charge in [-0.2, -0.15) is 0 Å². The minimum absolute atomic E-state index is 0. The summed E-state index contributed by atoms with van der Waals surface area (Å²) in [4.78, 5) is 19.7. The number of nitrogens with zero attached hydrogens (tertiary/aromatic N) is 3. The summed E-state index contributed by atoms with van der Waals surface area (Å²) in [5.74, 6) is 1.17. The fourth-order valence-corrected chi connectivity index (χ4v) is 2.27. The summed E-state index contributed by atoms with van der Waals surface area (Å²) < 4.78 is 0. The van der Waals surface area contributed by atoms with Crippen LogP contribution in [0, 0.1) is 0 Å². The summed E-state index contributed by atoms with van der Waals surface area (Å²) in [5.41, 5.74) is 0. The number of nitrogens with one attached hydrogen (secondary N) is 1. The van der Waals surface area contributed by atoms with Crippen LogP contribution in [0.25, 0.3) is 0 Å². The van der Waals surface area contributed by atoms with Gasteiger partial charge in [0.25, 0.3) is 0 Å². The van der Waals surface area contributed by atoms with E-state index in [1.807, 2.05) is 11.9 Å². The van der Waals surface area contributed by atoms with Crippen molar-refractivity contribution in [3.63, 3.8) is 0 Å². The Morgan fingerprint density at radius 2 is 1.72 bits per heavy atom. The molecule has 6 heteroatoms. The highest BCUT2D eigenvalue weighted by Crippen LogP contribution is 2.18. The molecule has 1 saturated heterocycles. The molecular weight excluding hydrogens is 343 g/mol. The van der Waals surface area contributed by atoms with E-state index in [9.17, 15) is 4.79 Å². The van der Waals surface area contributed by atoms with Gasteiger partial charge in [0, 0.05) is 46.2 Å². The number of hydrogen-bond acceptors (Lipinski definition) is 2. The molecule has 0 aromatic carbocycles. The largest absolute Gasteiger partial charge is 0.354 e. The molecule has 1 aliphatic heterocycles. The maximum Gasteiger partial charge on any atom is 0.219 e. The normalized spacial score (nSPS) is 21.1. The first-order valence-corrected chi connectivity index (χ1v) is 6.44. The Bertz CT molecular complexity index is 309. The van der Waals surface area contributed by atoms with E-state index >= 15 is 0 Å². The van der Waals surface area contributed by atoms with Crippen molar-refractivity contribution in [2.24, 2.45) is 4.99 Å². The third-order valence-corrected chi connectivity index (χ3v) is 3.67. The molecule has 1 N–H and O–H groups in total. The zero-order chi connectivity index (χ0) is 12.3. The van der Waals surface area contributed by atoms with Crippen LogP contribution >= 0.6 is 24.0 Å². The number of aliphatic imine (C=N–C) groups is 1. The summed E-state index contributed by atoms with van der Waals surface area (Å²) >= 11 is 0.